The average Bonchev–Trinajstić information content (AvgIpc) is 3.04. The molecule has 0 saturated carbocycles. The minimum Gasteiger partial charge on any atom is -0.486 e. The number of aromatic nitrogens is 3. The summed E-state index contributed by atoms with van der Waals surface area (Å²) >= 11 is 0. The second-order valence-electron chi connectivity index (χ2n) is 5.25. The van der Waals surface area contributed by atoms with Crippen LogP contribution in [-0.2, 0) is 6.54 Å². The molecule has 0 aliphatic carbocycles. The van der Waals surface area contributed by atoms with E-state index in [0.717, 1.165) is 31.0 Å². The number of fused-ring (bicyclic) bond motifs is 1. The first-order chi connectivity index (χ1) is 10.3. The number of nitrogens with one attached hydrogen (secondary N) is 1. The molecule has 1 aromatic carbocycles. The Bertz CT molecular complexity index is 559. The van der Waals surface area contributed by atoms with Crippen LogP contribution in [-0.4, -0.2) is 40.1 Å². The highest BCUT2D eigenvalue weighted by Crippen LogP contribution is 2.30. The molecule has 2 heterocycles. The SMILES string of the molecule is C[C@H](CCn1cncn1)NC[C@H]1COc2ccccc2O1. The van der Waals surface area contributed by atoms with Crippen LogP contribution in [0.4, 0.5) is 0 Å². The van der Waals surface area contributed by atoms with Gasteiger partial charge in [0.25, 0.3) is 0 Å². The lowest BCUT2D eigenvalue weighted by atomic mass is 10.2. The van der Waals surface area contributed by atoms with E-state index in [0.29, 0.717) is 12.6 Å². The minimum absolute atomic E-state index is 0.0497. The molecule has 1 aliphatic heterocycles. The fourth-order valence-electron chi connectivity index (χ4n) is 2.27. The number of hydrogen-bond donors (Lipinski definition) is 1. The van der Waals surface area contributed by atoms with Gasteiger partial charge >= 0.3 is 0 Å². The molecular formula is C15H20N4O2. The van der Waals surface area contributed by atoms with Crippen molar-refractivity contribution in [1.29, 1.82) is 0 Å². The average molecular weight is 288 g/mol. The molecule has 0 spiro atoms. The van der Waals surface area contributed by atoms with Crippen molar-refractivity contribution in [2.45, 2.75) is 32.0 Å². The highest BCUT2D eigenvalue weighted by Gasteiger charge is 2.20. The molecule has 3 rings (SSSR count). The molecule has 2 atom stereocenters. The van der Waals surface area contributed by atoms with Crippen LogP contribution in [0.2, 0.25) is 0 Å². The quantitative estimate of drug-likeness (QED) is 0.872. The second kappa shape index (κ2) is 6.58. The monoisotopic (exact) mass is 288 g/mol. The largest absolute Gasteiger partial charge is 0.486 e. The van der Waals surface area contributed by atoms with Gasteiger partial charge in [-0.05, 0) is 25.5 Å². The summed E-state index contributed by atoms with van der Waals surface area (Å²) in [5, 5.41) is 7.58. The maximum atomic E-state index is 5.92. The van der Waals surface area contributed by atoms with E-state index in [1.807, 2.05) is 28.9 Å². The molecule has 2 aromatic rings. The van der Waals surface area contributed by atoms with Gasteiger partial charge in [0.1, 0.15) is 25.4 Å². The maximum absolute atomic E-state index is 5.92. The van der Waals surface area contributed by atoms with Crippen LogP contribution in [0.3, 0.4) is 0 Å². The summed E-state index contributed by atoms with van der Waals surface area (Å²) in [6, 6.07) is 8.16. The Morgan fingerprint density at radius 2 is 2.24 bits per heavy atom. The topological polar surface area (TPSA) is 61.2 Å². The molecule has 0 saturated heterocycles. The molecule has 0 fully saturated rings. The highest BCUT2D eigenvalue weighted by atomic mass is 16.6. The fraction of sp³-hybridized carbons (Fsp3) is 0.467. The summed E-state index contributed by atoms with van der Waals surface area (Å²) < 4.78 is 13.5. The normalized spacial score (nSPS) is 18.4. The lowest BCUT2D eigenvalue weighted by Gasteiger charge is -2.27. The number of hydrogen-bond acceptors (Lipinski definition) is 5. The predicted octanol–water partition coefficient (Wildman–Crippen LogP) is 1.49. The van der Waals surface area contributed by atoms with Gasteiger partial charge in [0.2, 0.25) is 0 Å². The van der Waals surface area contributed by atoms with Crippen LogP contribution in [0.1, 0.15) is 13.3 Å². The molecule has 1 N–H and O–H groups in total. The molecule has 1 aromatic heterocycles. The van der Waals surface area contributed by atoms with Crippen molar-refractivity contribution in [1.82, 2.24) is 20.1 Å². The highest BCUT2D eigenvalue weighted by molar-refractivity contribution is 5.40. The third-order valence-corrected chi connectivity index (χ3v) is 3.52. The van der Waals surface area contributed by atoms with Gasteiger partial charge in [0, 0.05) is 19.1 Å². The Labute approximate surface area is 124 Å². The molecule has 21 heavy (non-hydrogen) atoms. The molecule has 1 aliphatic rings. The van der Waals surface area contributed by atoms with Crippen molar-refractivity contribution >= 4 is 0 Å². The maximum Gasteiger partial charge on any atom is 0.161 e. The van der Waals surface area contributed by atoms with Crippen molar-refractivity contribution in [3.8, 4) is 11.5 Å². The third-order valence-electron chi connectivity index (χ3n) is 3.52. The molecule has 6 nitrogen and oxygen atoms in total. The van der Waals surface area contributed by atoms with E-state index >= 15 is 0 Å². The number of aryl methyl sites for hydroxylation is 1. The predicted molar refractivity (Wildman–Crippen MR) is 78.5 cm³/mol. The van der Waals surface area contributed by atoms with E-state index in [2.05, 4.69) is 22.3 Å². The number of ether oxygens (including phenoxy) is 2. The van der Waals surface area contributed by atoms with Gasteiger partial charge in [-0.2, -0.15) is 5.10 Å². The standard InChI is InChI=1S/C15H20N4O2/c1-12(6-7-19-11-16-10-18-19)17-8-13-9-20-14-4-2-3-5-15(14)21-13/h2-5,10-13,17H,6-9H2,1H3/t12-,13+/m1/s1. The molecule has 0 bridgehead atoms. The van der Waals surface area contributed by atoms with E-state index in [1.165, 1.54) is 0 Å². The van der Waals surface area contributed by atoms with Crippen LogP contribution in [0.5, 0.6) is 11.5 Å². The van der Waals surface area contributed by atoms with Gasteiger partial charge in [0.05, 0.1) is 0 Å². The first kappa shape index (κ1) is 13.9. The van der Waals surface area contributed by atoms with Crippen LogP contribution in [0, 0.1) is 0 Å². The van der Waals surface area contributed by atoms with Crippen LogP contribution < -0.4 is 14.8 Å². The first-order valence-corrected chi connectivity index (χ1v) is 7.25. The summed E-state index contributed by atoms with van der Waals surface area (Å²) in [5.74, 6) is 1.65. The van der Waals surface area contributed by atoms with Crippen molar-refractivity contribution in [2.24, 2.45) is 0 Å². The summed E-state index contributed by atoms with van der Waals surface area (Å²) in [6.07, 6.45) is 4.34. The number of benzene rings is 1. The van der Waals surface area contributed by atoms with Gasteiger partial charge in [-0.15, -0.1) is 0 Å². The van der Waals surface area contributed by atoms with E-state index in [9.17, 15) is 0 Å². The number of nitrogens with zero attached hydrogens (tertiary/aromatic N) is 3. The lowest BCUT2D eigenvalue weighted by molar-refractivity contribution is 0.0882. The fourth-order valence-corrected chi connectivity index (χ4v) is 2.27. The molecular weight excluding hydrogens is 268 g/mol. The third kappa shape index (κ3) is 3.72. The Morgan fingerprint density at radius 1 is 1.38 bits per heavy atom. The number of rotatable bonds is 6. The number of para-hydroxylation sites is 2. The van der Waals surface area contributed by atoms with E-state index in [-0.39, 0.29) is 6.10 Å². The van der Waals surface area contributed by atoms with Crippen molar-refractivity contribution < 1.29 is 9.47 Å². The van der Waals surface area contributed by atoms with Crippen molar-refractivity contribution in [3.05, 3.63) is 36.9 Å². The summed E-state index contributed by atoms with van der Waals surface area (Å²) in [4.78, 5) is 3.94. The van der Waals surface area contributed by atoms with Crippen molar-refractivity contribution in [3.63, 3.8) is 0 Å². The molecule has 0 unspecified atom stereocenters. The zero-order valence-electron chi connectivity index (χ0n) is 12.1. The van der Waals surface area contributed by atoms with E-state index in [4.69, 9.17) is 9.47 Å². The van der Waals surface area contributed by atoms with Gasteiger partial charge in [-0.3, -0.25) is 4.68 Å². The van der Waals surface area contributed by atoms with Gasteiger partial charge in [-0.25, -0.2) is 4.98 Å². The first-order valence-electron chi connectivity index (χ1n) is 7.25. The van der Waals surface area contributed by atoms with Gasteiger partial charge in [-0.1, -0.05) is 12.1 Å². The Morgan fingerprint density at radius 3 is 3.05 bits per heavy atom. The lowest BCUT2D eigenvalue weighted by Crippen LogP contribution is -2.41. The van der Waals surface area contributed by atoms with Gasteiger partial charge in [0.15, 0.2) is 11.5 Å². The Hall–Kier alpha value is -2.08. The van der Waals surface area contributed by atoms with Crippen LogP contribution in [0.25, 0.3) is 0 Å². The summed E-state index contributed by atoms with van der Waals surface area (Å²) in [7, 11) is 0. The van der Waals surface area contributed by atoms with Crippen LogP contribution >= 0.6 is 0 Å². The zero-order valence-corrected chi connectivity index (χ0v) is 12.1. The zero-order chi connectivity index (χ0) is 14.5. The molecule has 112 valence electrons. The Kier molecular flexibility index (Phi) is 4.35. The molecule has 0 radical (unpaired) electrons. The Balaban J connectivity index is 1.41. The van der Waals surface area contributed by atoms with Crippen molar-refractivity contribution in [2.75, 3.05) is 13.2 Å². The van der Waals surface area contributed by atoms with Crippen LogP contribution in [0.15, 0.2) is 36.9 Å². The van der Waals surface area contributed by atoms with Gasteiger partial charge < -0.3 is 14.8 Å². The molecule has 6 heteroatoms. The summed E-state index contributed by atoms with van der Waals surface area (Å²) in [5.41, 5.74) is 0. The van der Waals surface area contributed by atoms with E-state index < -0.39 is 0 Å². The van der Waals surface area contributed by atoms with E-state index in [1.54, 1.807) is 12.7 Å². The minimum atomic E-state index is 0.0497. The summed E-state index contributed by atoms with van der Waals surface area (Å²) in [6.45, 7) is 4.38. The molecule has 0 amide bonds. The smallest absolute Gasteiger partial charge is 0.161 e. The second-order valence-corrected chi connectivity index (χ2v) is 5.25.